The third kappa shape index (κ3) is 6.99. The molecule has 2 aromatic carbocycles. The smallest absolute Gasteiger partial charge is 0.350 e. The molecular formula is C21H21Cl2F6N3O. The zero-order valence-corrected chi connectivity index (χ0v) is 18.6. The molecular weight excluding hydrogens is 495 g/mol. The second-order valence-corrected chi connectivity index (χ2v) is 7.75. The van der Waals surface area contributed by atoms with Gasteiger partial charge in [0, 0.05) is 37.7 Å². The minimum Gasteiger partial charge on any atom is -0.350 e. The zero-order chi connectivity index (χ0) is 23.5. The van der Waals surface area contributed by atoms with Crippen LogP contribution in [0.1, 0.15) is 28.3 Å². The van der Waals surface area contributed by atoms with Gasteiger partial charge in [-0.15, -0.1) is 12.4 Å². The fraction of sp³-hybridized carbons (Fsp3) is 0.381. The molecule has 1 fully saturated rings. The van der Waals surface area contributed by atoms with Crippen LogP contribution in [0.2, 0.25) is 5.02 Å². The van der Waals surface area contributed by atoms with Gasteiger partial charge in [0.25, 0.3) is 0 Å². The molecule has 1 amide bonds. The summed E-state index contributed by atoms with van der Waals surface area (Å²) in [7, 11) is 0. The van der Waals surface area contributed by atoms with Gasteiger partial charge in [-0.2, -0.15) is 26.3 Å². The van der Waals surface area contributed by atoms with Crippen LogP contribution < -0.4 is 10.6 Å². The molecule has 0 radical (unpaired) electrons. The van der Waals surface area contributed by atoms with Gasteiger partial charge in [-0.05, 0) is 35.4 Å². The second-order valence-electron chi connectivity index (χ2n) is 7.34. The van der Waals surface area contributed by atoms with E-state index in [1.165, 1.54) is 0 Å². The van der Waals surface area contributed by atoms with E-state index in [1.807, 2.05) is 4.90 Å². The van der Waals surface area contributed by atoms with Gasteiger partial charge >= 0.3 is 12.4 Å². The van der Waals surface area contributed by atoms with Crippen molar-refractivity contribution in [2.45, 2.75) is 24.9 Å². The van der Waals surface area contributed by atoms with Crippen LogP contribution in [0.15, 0.2) is 42.5 Å². The number of nitrogens with zero attached hydrogens (tertiary/aromatic N) is 1. The molecule has 0 saturated carbocycles. The van der Waals surface area contributed by atoms with Crippen LogP contribution in [-0.2, 0) is 23.7 Å². The van der Waals surface area contributed by atoms with Crippen molar-refractivity contribution in [1.82, 2.24) is 15.5 Å². The Balaban J connectivity index is 0.00000385. The Morgan fingerprint density at radius 3 is 2.06 bits per heavy atom. The quantitative estimate of drug-likeness (QED) is 0.547. The molecule has 0 spiro atoms. The van der Waals surface area contributed by atoms with Crippen molar-refractivity contribution in [3.05, 3.63) is 69.7 Å². The monoisotopic (exact) mass is 515 g/mol. The molecule has 3 rings (SSSR count). The number of hydrogen-bond acceptors (Lipinski definition) is 3. The summed E-state index contributed by atoms with van der Waals surface area (Å²) < 4.78 is 78.5. The fourth-order valence-corrected chi connectivity index (χ4v) is 3.79. The normalized spacial score (nSPS) is 16.1. The van der Waals surface area contributed by atoms with Crippen LogP contribution >= 0.6 is 24.0 Å². The molecule has 0 aromatic heterocycles. The first-order valence-corrected chi connectivity index (χ1v) is 10.1. The summed E-state index contributed by atoms with van der Waals surface area (Å²) in [6, 6.07) is 7.10. The molecule has 1 unspecified atom stereocenters. The maximum Gasteiger partial charge on any atom is 0.416 e. The van der Waals surface area contributed by atoms with Crippen molar-refractivity contribution in [2.24, 2.45) is 0 Å². The maximum atomic E-state index is 13.1. The molecule has 1 heterocycles. The molecule has 2 aromatic rings. The van der Waals surface area contributed by atoms with E-state index < -0.39 is 42.0 Å². The number of hydrogen-bond donors (Lipinski definition) is 2. The minimum absolute atomic E-state index is 0. The summed E-state index contributed by atoms with van der Waals surface area (Å²) >= 11 is 6.27. The maximum absolute atomic E-state index is 13.1. The van der Waals surface area contributed by atoms with Crippen molar-refractivity contribution >= 4 is 29.9 Å². The van der Waals surface area contributed by atoms with Gasteiger partial charge in [-0.3, -0.25) is 9.69 Å². The SMILES string of the molecule is Cl.O=C(NCc1cc(C(F)(F)F)cc(C(F)(F)F)c1)C(c1ccccc1Cl)N1CCNCC1. The lowest BCUT2D eigenvalue weighted by atomic mass is 10.0. The number of carbonyl (C=O) groups excluding carboxylic acids is 1. The predicted molar refractivity (Wildman–Crippen MR) is 114 cm³/mol. The Labute approximate surface area is 197 Å². The molecule has 1 aliphatic heterocycles. The summed E-state index contributed by atoms with van der Waals surface area (Å²) in [5.41, 5.74) is -2.66. The van der Waals surface area contributed by atoms with Crippen molar-refractivity contribution in [2.75, 3.05) is 26.2 Å². The molecule has 12 heteroatoms. The van der Waals surface area contributed by atoms with Gasteiger partial charge < -0.3 is 10.6 Å². The van der Waals surface area contributed by atoms with Gasteiger partial charge in [0.2, 0.25) is 5.91 Å². The lowest BCUT2D eigenvalue weighted by Gasteiger charge is -2.34. The number of piperazine rings is 1. The molecule has 0 bridgehead atoms. The lowest BCUT2D eigenvalue weighted by Crippen LogP contribution is -2.49. The Hall–Kier alpha value is -2.01. The number of rotatable bonds is 5. The average molecular weight is 516 g/mol. The molecule has 2 N–H and O–H groups in total. The fourth-order valence-electron chi connectivity index (χ4n) is 3.55. The Bertz CT molecular complexity index is 929. The number of amides is 1. The molecule has 1 atom stereocenters. The van der Waals surface area contributed by atoms with Crippen LogP contribution in [0.25, 0.3) is 0 Å². The predicted octanol–water partition coefficient (Wildman–Crippen LogP) is 5.06. The molecule has 1 aliphatic rings. The van der Waals surface area contributed by atoms with E-state index in [1.54, 1.807) is 24.3 Å². The third-order valence-electron chi connectivity index (χ3n) is 5.08. The highest BCUT2D eigenvalue weighted by molar-refractivity contribution is 6.31. The number of benzene rings is 2. The Morgan fingerprint density at radius 2 is 1.55 bits per heavy atom. The van der Waals surface area contributed by atoms with E-state index >= 15 is 0 Å². The van der Waals surface area contributed by atoms with Gasteiger partial charge in [0.1, 0.15) is 6.04 Å². The second kappa shape index (κ2) is 10.9. The molecule has 4 nitrogen and oxygen atoms in total. The molecule has 0 aliphatic carbocycles. The number of halogens is 8. The van der Waals surface area contributed by atoms with Gasteiger partial charge in [-0.1, -0.05) is 29.8 Å². The Kier molecular flexibility index (Phi) is 9.03. The van der Waals surface area contributed by atoms with Crippen molar-refractivity contribution in [1.29, 1.82) is 0 Å². The first-order chi connectivity index (χ1) is 15.0. The van der Waals surface area contributed by atoms with Gasteiger partial charge in [-0.25, -0.2) is 0 Å². The highest BCUT2D eigenvalue weighted by atomic mass is 35.5. The molecule has 1 saturated heterocycles. The number of carbonyl (C=O) groups is 1. The topological polar surface area (TPSA) is 44.4 Å². The number of nitrogens with one attached hydrogen (secondary N) is 2. The first kappa shape index (κ1) is 27.2. The molecule has 33 heavy (non-hydrogen) atoms. The standard InChI is InChI=1S/C21H20ClF6N3O.ClH/c22-17-4-2-1-3-16(17)18(31-7-5-29-6-8-31)19(32)30-12-13-9-14(20(23,24)25)11-15(10-13)21(26,27)28;/h1-4,9-11,18,29H,5-8,12H2,(H,30,32);1H. The van der Waals surface area contributed by atoms with E-state index in [0.717, 1.165) is 0 Å². The van der Waals surface area contributed by atoms with Gasteiger partial charge in [0.05, 0.1) is 11.1 Å². The van der Waals surface area contributed by atoms with Crippen LogP contribution in [0.5, 0.6) is 0 Å². The van der Waals surface area contributed by atoms with Crippen LogP contribution in [-0.4, -0.2) is 37.0 Å². The van der Waals surface area contributed by atoms with Crippen molar-refractivity contribution < 1.29 is 31.1 Å². The molecule has 182 valence electrons. The third-order valence-corrected chi connectivity index (χ3v) is 5.42. The summed E-state index contributed by atoms with van der Waals surface area (Å²) in [6.45, 7) is 1.78. The summed E-state index contributed by atoms with van der Waals surface area (Å²) in [6.07, 6.45) is -9.91. The van der Waals surface area contributed by atoms with Crippen LogP contribution in [0, 0.1) is 0 Å². The van der Waals surface area contributed by atoms with Crippen LogP contribution in [0.3, 0.4) is 0 Å². The lowest BCUT2D eigenvalue weighted by molar-refractivity contribution is -0.143. The summed E-state index contributed by atoms with van der Waals surface area (Å²) in [5, 5.41) is 5.98. The van der Waals surface area contributed by atoms with E-state index in [-0.39, 0.29) is 24.0 Å². The highest BCUT2D eigenvalue weighted by Gasteiger charge is 2.37. The van der Waals surface area contributed by atoms with E-state index in [2.05, 4.69) is 10.6 Å². The van der Waals surface area contributed by atoms with E-state index in [9.17, 15) is 31.1 Å². The van der Waals surface area contributed by atoms with E-state index in [0.29, 0.717) is 48.9 Å². The first-order valence-electron chi connectivity index (χ1n) is 9.72. The highest BCUT2D eigenvalue weighted by Crippen LogP contribution is 2.36. The van der Waals surface area contributed by atoms with Crippen molar-refractivity contribution in [3.8, 4) is 0 Å². The van der Waals surface area contributed by atoms with Crippen LogP contribution in [0.4, 0.5) is 26.3 Å². The summed E-state index contributed by atoms with van der Waals surface area (Å²) in [5.74, 6) is -0.564. The number of alkyl halides is 6. The zero-order valence-electron chi connectivity index (χ0n) is 17.1. The minimum atomic E-state index is -4.96. The van der Waals surface area contributed by atoms with E-state index in [4.69, 9.17) is 11.6 Å². The van der Waals surface area contributed by atoms with Gasteiger partial charge in [0.15, 0.2) is 0 Å². The average Bonchev–Trinajstić information content (AvgIpc) is 2.73. The largest absolute Gasteiger partial charge is 0.416 e. The van der Waals surface area contributed by atoms with Crippen molar-refractivity contribution in [3.63, 3.8) is 0 Å². The Morgan fingerprint density at radius 1 is 1.00 bits per heavy atom. The summed E-state index contributed by atoms with van der Waals surface area (Å²) in [4.78, 5) is 14.9.